The highest BCUT2D eigenvalue weighted by Crippen LogP contribution is 2.26. The van der Waals surface area contributed by atoms with Crippen LogP contribution in [0, 0.1) is 0 Å². The summed E-state index contributed by atoms with van der Waals surface area (Å²) in [5, 5.41) is 11.2. The number of benzene rings is 1. The third-order valence-electron chi connectivity index (χ3n) is 3.67. The van der Waals surface area contributed by atoms with Crippen molar-refractivity contribution < 1.29 is 17.6 Å². The van der Waals surface area contributed by atoms with E-state index in [-0.39, 0.29) is 11.3 Å². The Morgan fingerprint density at radius 2 is 1.89 bits per heavy atom. The summed E-state index contributed by atoms with van der Waals surface area (Å²) in [5.41, 5.74) is 1.72. The summed E-state index contributed by atoms with van der Waals surface area (Å²) in [6, 6.07) is 7.43. The molecule has 2 aromatic heterocycles. The van der Waals surface area contributed by atoms with Gasteiger partial charge >= 0.3 is 5.22 Å². The van der Waals surface area contributed by atoms with E-state index >= 15 is 0 Å². The molecule has 0 spiro atoms. The van der Waals surface area contributed by atoms with E-state index in [9.17, 15) is 13.2 Å². The van der Waals surface area contributed by atoms with Crippen molar-refractivity contribution in [3.8, 4) is 11.5 Å². The molecule has 1 aromatic carbocycles. The fourth-order valence-electron chi connectivity index (χ4n) is 2.24. The molecule has 0 unspecified atom stereocenters. The third kappa shape index (κ3) is 4.58. The maximum atomic E-state index is 12.3. The van der Waals surface area contributed by atoms with Crippen LogP contribution >= 0.6 is 11.3 Å². The van der Waals surface area contributed by atoms with Crippen molar-refractivity contribution in [2.24, 2.45) is 0 Å². The summed E-state index contributed by atoms with van der Waals surface area (Å²) in [6.07, 6.45) is 1.50. The van der Waals surface area contributed by atoms with E-state index in [1.54, 1.807) is 17.5 Å². The summed E-state index contributed by atoms with van der Waals surface area (Å²) in [4.78, 5) is 15.8. The van der Waals surface area contributed by atoms with Gasteiger partial charge in [0.05, 0.1) is 0 Å². The zero-order valence-electron chi connectivity index (χ0n) is 15.0. The number of thiazole rings is 1. The van der Waals surface area contributed by atoms with E-state index < -0.39 is 26.7 Å². The molecule has 27 heavy (non-hydrogen) atoms. The highest BCUT2D eigenvalue weighted by atomic mass is 32.2. The van der Waals surface area contributed by atoms with Crippen LogP contribution in [0.1, 0.15) is 26.3 Å². The van der Waals surface area contributed by atoms with Crippen molar-refractivity contribution in [1.29, 1.82) is 0 Å². The highest BCUT2D eigenvalue weighted by Gasteiger charge is 2.27. The average molecular weight is 406 g/mol. The minimum atomic E-state index is -4.06. The van der Waals surface area contributed by atoms with Crippen LogP contribution in [0.5, 0.6) is 0 Å². The van der Waals surface area contributed by atoms with Gasteiger partial charge < -0.3 is 9.73 Å². The Kier molecular flexibility index (Phi) is 5.11. The lowest BCUT2D eigenvalue weighted by Gasteiger charge is -2.18. The predicted molar refractivity (Wildman–Crippen MR) is 101 cm³/mol. The molecule has 0 radical (unpaired) electrons. The van der Waals surface area contributed by atoms with Gasteiger partial charge in [0.15, 0.2) is 5.13 Å². The standard InChI is InChI=1S/C17H18N4O4S2/c1-17(2,3)12-6-4-11(5-7-12)14-20-21-16(25-14)27(23,24)10-13(22)19-15-18-8-9-26-15/h4-9H,10H2,1-3H3,(H,18,19,22). The van der Waals surface area contributed by atoms with Crippen molar-refractivity contribution in [2.75, 3.05) is 11.1 Å². The number of nitrogens with one attached hydrogen (secondary N) is 1. The Morgan fingerprint density at radius 3 is 2.48 bits per heavy atom. The number of anilines is 1. The smallest absolute Gasteiger partial charge is 0.336 e. The first-order valence-electron chi connectivity index (χ1n) is 8.02. The average Bonchev–Trinajstić information content (AvgIpc) is 3.25. The summed E-state index contributed by atoms with van der Waals surface area (Å²) in [5.74, 6) is -1.45. The Morgan fingerprint density at radius 1 is 1.19 bits per heavy atom. The molecular weight excluding hydrogens is 388 g/mol. The first kappa shape index (κ1) is 19.2. The van der Waals surface area contributed by atoms with Crippen molar-refractivity contribution in [1.82, 2.24) is 15.2 Å². The monoisotopic (exact) mass is 406 g/mol. The van der Waals surface area contributed by atoms with Crippen LogP contribution in [0.2, 0.25) is 0 Å². The Labute approximate surface area is 160 Å². The minimum absolute atomic E-state index is 0.00729. The van der Waals surface area contributed by atoms with Crippen LogP contribution in [0.15, 0.2) is 45.5 Å². The number of carbonyl (C=O) groups excluding carboxylic acids is 1. The van der Waals surface area contributed by atoms with Crippen molar-refractivity contribution in [2.45, 2.75) is 31.4 Å². The first-order chi connectivity index (χ1) is 12.6. The second-order valence-electron chi connectivity index (χ2n) is 6.84. The molecule has 0 saturated heterocycles. The zero-order valence-corrected chi connectivity index (χ0v) is 16.6. The molecule has 142 valence electrons. The summed E-state index contributed by atoms with van der Waals surface area (Å²) in [6.45, 7) is 6.28. The van der Waals surface area contributed by atoms with E-state index in [1.807, 2.05) is 12.1 Å². The van der Waals surface area contributed by atoms with Crippen LogP contribution in [0.3, 0.4) is 0 Å². The number of carbonyl (C=O) groups is 1. The minimum Gasteiger partial charge on any atom is -0.408 e. The number of hydrogen-bond donors (Lipinski definition) is 1. The molecule has 0 aliphatic rings. The molecule has 3 rings (SSSR count). The van der Waals surface area contributed by atoms with Crippen LogP contribution in [0.25, 0.3) is 11.5 Å². The molecule has 0 aliphatic heterocycles. The van der Waals surface area contributed by atoms with E-state index in [4.69, 9.17) is 4.42 Å². The molecule has 0 atom stereocenters. The summed E-state index contributed by atoms with van der Waals surface area (Å²) in [7, 11) is -4.06. The lowest BCUT2D eigenvalue weighted by atomic mass is 9.87. The predicted octanol–water partition coefficient (Wildman–Crippen LogP) is 2.90. The molecule has 2 heterocycles. The normalized spacial score (nSPS) is 12.1. The maximum absolute atomic E-state index is 12.3. The summed E-state index contributed by atoms with van der Waals surface area (Å²) < 4.78 is 29.9. The maximum Gasteiger partial charge on any atom is 0.336 e. The zero-order chi connectivity index (χ0) is 19.7. The summed E-state index contributed by atoms with van der Waals surface area (Å²) >= 11 is 1.19. The van der Waals surface area contributed by atoms with Crippen molar-refractivity contribution in [3.63, 3.8) is 0 Å². The second-order valence-corrected chi connectivity index (χ2v) is 9.61. The number of amides is 1. The number of nitrogens with zero attached hydrogens (tertiary/aromatic N) is 3. The largest absolute Gasteiger partial charge is 0.408 e. The van der Waals surface area contributed by atoms with Gasteiger partial charge in [0.2, 0.25) is 21.6 Å². The number of rotatable bonds is 5. The molecule has 1 N–H and O–H groups in total. The van der Waals surface area contributed by atoms with Crippen LogP contribution < -0.4 is 5.32 Å². The van der Waals surface area contributed by atoms with E-state index in [0.29, 0.717) is 10.7 Å². The molecule has 1 amide bonds. The van der Waals surface area contributed by atoms with Crippen LogP contribution in [0.4, 0.5) is 5.13 Å². The van der Waals surface area contributed by atoms with Crippen molar-refractivity contribution >= 4 is 32.2 Å². The molecule has 0 saturated carbocycles. The fraction of sp³-hybridized carbons (Fsp3) is 0.294. The van der Waals surface area contributed by atoms with Gasteiger partial charge in [0, 0.05) is 17.1 Å². The number of aromatic nitrogens is 3. The molecule has 0 aliphatic carbocycles. The molecule has 0 fully saturated rings. The lowest BCUT2D eigenvalue weighted by Crippen LogP contribution is -2.23. The Bertz CT molecular complexity index is 1030. The van der Waals surface area contributed by atoms with E-state index in [1.165, 1.54) is 17.5 Å². The van der Waals surface area contributed by atoms with Gasteiger partial charge in [-0.15, -0.1) is 16.4 Å². The van der Waals surface area contributed by atoms with Gasteiger partial charge in [-0.3, -0.25) is 4.79 Å². The Hall–Kier alpha value is -2.59. The van der Waals surface area contributed by atoms with Gasteiger partial charge in [0.25, 0.3) is 0 Å². The molecule has 10 heteroatoms. The quantitative estimate of drug-likeness (QED) is 0.692. The topological polar surface area (TPSA) is 115 Å². The number of hydrogen-bond acceptors (Lipinski definition) is 8. The third-order valence-corrected chi connectivity index (χ3v) is 5.70. The van der Waals surface area contributed by atoms with E-state index in [2.05, 4.69) is 41.3 Å². The van der Waals surface area contributed by atoms with Crippen LogP contribution in [-0.2, 0) is 20.0 Å². The van der Waals surface area contributed by atoms with Gasteiger partial charge in [-0.1, -0.05) is 38.0 Å². The fourth-order valence-corrected chi connectivity index (χ4v) is 3.70. The van der Waals surface area contributed by atoms with Crippen LogP contribution in [-0.4, -0.2) is 35.3 Å². The van der Waals surface area contributed by atoms with Gasteiger partial charge in [0.1, 0.15) is 5.75 Å². The number of sulfone groups is 1. The second kappa shape index (κ2) is 7.20. The highest BCUT2D eigenvalue weighted by molar-refractivity contribution is 7.91. The van der Waals surface area contributed by atoms with Gasteiger partial charge in [-0.2, -0.15) is 0 Å². The molecule has 3 aromatic rings. The molecule has 8 nitrogen and oxygen atoms in total. The SMILES string of the molecule is CC(C)(C)c1ccc(-c2nnc(S(=O)(=O)CC(=O)Nc3nccs3)o2)cc1. The molecular formula is C17H18N4O4S2. The van der Waals surface area contributed by atoms with Gasteiger partial charge in [-0.25, -0.2) is 13.4 Å². The van der Waals surface area contributed by atoms with E-state index in [0.717, 1.165) is 5.56 Å². The lowest BCUT2D eigenvalue weighted by molar-refractivity contribution is -0.113. The molecule has 0 bridgehead atoms. The van der Waals surface area contributed by atoms with Gasteiger partial charge in [-0.05, 0) is 23.1 Å². The first-order valence-corrected chi connectivity index (χ1v) is 10.5. The van der Waals surface area contributed by atoms with Crippen molar-refractivity contribution in [3.05, 3.63) is 41.4 Å². The Balaban J connectivity index is 1.75.